The Morgan fingerprint density at radius 2 is 2.35 bits per heavy atom. The minimum Gasteiger partial charge on any atom is -0.354 e. The first kappa shape index (κ1) is 15.9. The number of rotatable bonds is 5. The lowest BCUT2D eigenvalue weighted by Crippen LogP contribution is -2.43. The van der Waals surface area contributed by atoms with Crippen LogP contribution in [0.4, 0.5) is 0 Å². The van der Waals surface area contributed by atoms with E-state index in [9.17, 15) is 4.79 Å². The summed E-state index contributed by atoms with van der Waals surface area (Å²) in [6.07, 6.45) is 1.25. The molecular formula is C15H18ClN5O2. The molecule has 1 aliphatic heterocycles. The fourth-order valence-electron chi connectivity index (χ4n) is 2.40. The molecule has 1 amide bonds. The van der Waals surface area contributed by atoms with Crippen LogP contribution in [0.15, 0.2) is 28.8 Å². The molecule has 1 aliphatic rings. The van der Waals surface area contributed by atoms with E-state index in [1.54, 1.807) is 12.1 Å². The molecule has 2 atom stereocenters. The number of hydrogen-bond acceptors (Lipinski definition) is 6. The van der Waals surface area contributed by atoms with Gasteiger partial charge in [-0.3, -0.25) is 10.2 Å². The van der Waals surface area contributed by atoms with Crippen LogP contribution in [0.2, 0.25) is 5.02 Å². The molecule has 8 heteroatoms. The summed E-state index contributed by atoms with van der Waals surface area (Å²) >= 11 is 5.95. The predicted octanol–water partition coefficient (Wildman–Crippen LogP) is 1.30. The molecule has 23 heavy (non-hydrogen) atoms. The second-order valence-corrected chi connectivity index (χ2v) is 5.98. The zero-order valence-electron chi connectivity index (χ0n) is 12.7. The molecule has 0 radical (unpaired) electrons. The molecule has 3 rings (SSSR count). The first-order chi connectivity index (χ1) is 11.1. The van der Waals surface area contributed by atoms with Gasteiger partial charge in [0, 0.05) is 29.6 Å². The normalized spacial score (nSPS) is 20.6. The number of amides is 1. The Kier molecular flexibility index (Phi) is 4.90. The highest BCUT2D eigenvalue weighted by Crippen LogP contribution is 2.19. The largest absolute Gasteiger partial charge is 0.354 e. The average molecular weight is 336 g/mol. The number of benzene rings is 1. The van der Waals surface area contributed by atoms with Gasteiger partial charge in [-0.1, -0.05) is 28.9 Å². The molecule has 2 unspecified atom stereocenters. The highest BCUT2D eigenvalue weighted by atomic mass is 35.5. The topological polar surface area (TPSA) is 92.1 Å². The van der Waals surface area contributed by atoms with Crippen molar-refractivity contribution in [2.75, 3.05) is 6.54 Å². The Labute approximate surface area is 138 Å². The number of aromatic nitrogens is 2. The lowest BCUT2D eigenvalue weighted by molar-refractivity contribution is -0.122. The van der Waals surface area contributed by atoms with Crippen LogP contribution in [0, 0.1) is 0 Å². The molecule has 3 N–H and O–H groups in total. The maximum atomic E-state index is 12.0. The van der Waals surface area contributed by atoms with Crippen LogP contribution < -0.4 is 16.2 Å². The molecule has 2 aromatic rings. The monoisotopic (exact) mass is 335 g/mol. The van der Waals surface area contributed by atoms with Crippen molar-refractivity contribution < 1.29 is 9.32 Å². The maximum Gasteiger partial charge on any atom is 0.238 e. The summed E-state index contributed by atoms with van der Waals surface area (Å²) in [5, 5.41) is 7.41. The van der Waals surface area contributed by atoms with Crippen molar-refractivity contribution in [3.05, 3.63) is 35.2 Å². The van der Waals surface area contributed by atoms with Crippen molar-refractivity contribution in [3.8, 4) is 11.4 Å². The third-order valence-corrected chi connectivity index (χ3v) is 3.83. The van der Waals surface area contributed by atoms with Crippen LogP contribution >= 0.6 is 11.6 Å². The molecule has 1 saturated heterocycles. The van der Waals surface area contributed by atoms with E-state index in [2.05, 4.69) is 26.3 Å². The number of hydrogen-bond donors (Lipinski definition) is 3. The van der Waals surface area contributed by atoms with E-state index < -0.39 is 0 Å². The second kappa shape index (κ2) is 7.08. The van der Waals surface area contributed by atoms with E-state index in [4.69, 9.17) is 16.1 Å². The summed E-state index contributed by atoms with van der Waals surface area (Å²) in [4.78, 5) is 16.3. The minimum atomic E-state index is -0.199. The molecule has 2 heterocycles. The quantitative estimate of drug-likeness (QED) is 0.763. The van der Waals surface area contributed by atoms with Crippen molar-refractivity contribution in [3.63, 3.8) is 0 Å². The zero-order chi connectivity index (χ0) is 16.2. The molecule has 0 saturated carbocycles. The zero-order valence-corrected chi connectivity index (χ0v) is 13.4. The van der Waals surface area contributed by atoms with Crippen LogP contribution in [-0.4, -0.2) is 34.7 Å². The number of hydrazine groups is 1. The molecule has 1 fully saturated rings. The minimum absolute atomic E-state index is 0.0311. The summed E-state index contributed by atoms with van der Waals surface area (Å²) in [6.45, 7) is 2.47. The summed E-state index contributed by atoms with van der Waals surface area (Å²) < 4.78 is 5.20. The van der Waals surface area contributed by atoms with Crippen LogP contribution in [0.25, 0.3) is 11.4 Å². The Hall–Kier alpha value is -1.96. The Balaban J connectivity index is 1.51. The van der Waals surface area contributed by atoms with Crippen LogP contribution in [0.3, 0.4) is 0 Å². The van der Waals surface area contributed by atoms with Gasteiger partial charge in [0.25, 0.3) is 0 Å². The van der Waals surface area contributed by atoms with Crippen molar-refractivity contribution in [2.45, 2.75) is 31.8 Å². The molecule has 7 nitrogen and oxygen atoms in total. The van der Waals surface area contributed by atoms with Crippen molar-refractivity contribution in [1.82, 2.24) is 26.3 Å². The van der Waals surface area contributed by atoms with Crippen molar-refractivity contribution >= 4 is 17.5 Å². The average Bonchev–Trinajstić information content (AvgIpc) is 3.16. The molecule has 0 bridgehead atoms. The molecule has 0 spiro atoms. The predicted molar refractivity (Wildman–Crippen MR) is 85.6 cm³/mol. The van der Waals surface area contributed by atoms with E-state index in [1.807, 2.05) is 19.1 Å². The third-order valence-electron chi connectivity index (χ3n) is 3.60. The molecule has 1 aromatic carbocycles. The molecule has 1 aromatic heterocycles. The van der Waals surface area contributed by atoms with E-state index in [0.717, 1.165) is 12.0 Å². The van der Waals surface area contributed by atoms with Crippen LogP contribution in [0.5, 0.6) is 0 Å². The third kappa shape index (κ3) is 4.07. The summed E-state index contributed by atoms with van der Waals surface area (Å²) in [6, 6.07) is 7.35. The lowest BCUT2D eigenvalue weighted by Gasteiger charge is -2.09. The number of carbonyl (C=O) groups is 1. The second-order valence-electron chi connectivity index (χ2n) is 5.54. The van der Waals surface area contributed by atoms with Gasteiger partial charge in [-0.25, -0.2) is 5.43 Å². The number of nitrogens with zero attached hydrogens (tertiary/aromatic N) is 2. The summed E-state index contributed by atoms with van der Waals surface area (Å²) in [5.41, 5.74) is 6.78. The van der Waals surface area contributed by atoms with Gasteiger partial charge in [-0.15, -0.1) is 0 Å². The lowest BCUT2D eigenvalue weighted by atomic mass is 10.1. The number of nitrogens with one attached hydrogen (secondary N) is 3. The van der Waals surface area contributed by atoms with Crippen LogP contribution in [-0.2, 0) is 11.2 Å². The highest BCUT2D eigenvalue weighted by Gasteiger charge is 2.26. The van der Waals surface area contributed by atoms with E-state index in [-0.39, 0.29) is 11.9 Å². The van der Waals surface area contributed by atoms with E-state index in [1.165, 1.54) is 0 Å². The Bertz CT molecular complexity index is 690. The van der Waals surface area contributed by atoms with Crippen molar-refractivity contribution in [1.29, 1.82) is 0 Å². The summed E-state index contributed by atoms with van der Waals surface area (Å²) in [5.74, 6) is 0.937. The standard InChI is InChI=1S/C15H18ClN5O2/c1-9-7-12(20-19-9)15(22)17-6-5-13-18-14(21-23-13)10-3-2-4-11(16)8-10/h2-4,8-9,12,19-20H,5-7H2,1H3,(H,17,22). The van der Waals surface area contributed by atoms with Gasteiger partial charge in [0.05, 0.1) is 0 Å². The van der Waals surface area contributed by atoms with Gasteiger partial charge in [-0.05, 0) is 25.5 Å². The van der Waals surface area contributed by atoms with E-state index >= 15 is 0 Å². The first-order valence-electron chi connectivity index (χ1n) is 7.49. The fourth-order valence-corrected chi connectivity index (χ4v) is 2.59. The van der Waals surface area contributed by atoms with Crippen LogP contribution in [0.1, 0.15) is 19.2 Å². The van der Waals surface area contributed by atoms with Gasteiger partial charge >= 0.3 is 0 Å². The van der Waals surface area contributed by atoms with Gasteiger partial charge in [-0.2, -0.15) is 4.98 Å². The Morgan fingerprint density at radius 1 is 1.48 bits per heavy atom. The Morgan fingerprint density at radius 3 is 3.09 bits per heavy atom. The first-order valence-corrected chi connectivity index (χ1v) is 7.87. The van der Waals surface area contributed by atoms with Gasteiger partial charge in [0.1, 0.15) is 6.04 Å². The number of halogens is 1. The summed E-state index contributed by atoms with van der Waals surface area (Å²) in [7, 11) is 0. The highest BCUT2D eigenvalue weighted by molar-refractivity contribution is 6.30. The van der Waals surface area contributed by atoms with Gasteiger partial charge < -0.3 is 9.84 Å². The SMILES string of the molecule is CC1CC(C(=O)NCCc2nc(-c3cccc(Cl)c3)no2)NN1. The van der Waals surface area contributed by atoms with E-state index in [0.29, 0.717) is 35.7 Å². The van der Waals surface area contributed by atoms with Gasteiger partial charge in [0.15, 0.2) is 0 Å². The molecular weight excluding hydrogens is 318 g/mol. The fraction of sp³-hybridized carbons (Fsp3) is 0.400. The van der Waals surface area contributed by atoms with Gasteiger partial charge in [0.2, 0.25) is 17.6 Å². The number of carbonyl (C=O) groups excluding carboxylic acids is 1. The van der Waals surface area contributed by atoms with Crippen molar-refractivity contribution in [2.24, 2.45) is 0 Å². The molecule has 122 valence electrons. The smallest absolute Gasteiger partial charge is 0.238 e. The maximum absolute atomic E-state index is 12.0. The molecule has 0 aliphatic carbocycles.